The third-order valence-corrected chi connectivity index (χ3v) is 6.24. The van der Waals surface area contributed by atoms with Crippen LogP contribution in [0.2, 0.25) is 0 Å². The Balaban J connectivity index is 1.61. The number of aliphatic hydroxyl groups excluding tert-OH is 1. The first-order valence-corrected chi connectivity index (χ1v) is 11.1. The van der Waals surface area contributed by atoms with Crippen LogP contribution in [-0.2, 0) is 14.4 Å². The summed E-state index contributed by atoms with van der Waals surface area (Å²) in [5.74, 6) is -1.26. The molecule has 1 aliphatic heterocycles. The Morgan fingerprint density at radius 3 is 2.66 bits per heavy atom. The van der Waals surface area contributed by atoms with E-state index in [-0.39, 0.29) is 35.5 Å². The minimum atomic E-state index is -0.849. The summed E-state index contributed by atoms with van der Waals surface area (Å²) in [6.07, 6.45) is 2.94. The van der Waals surface area contributed by atoms with E-state index in [1.165, 1.54) is 0 Å². The fourth-order valence-electron chi connectivity index (χ4n) is 4.89. The summed E-state index contributed by atoms with van der Waals surface area (Å²) in [6.45, 7) is 4.60. The van der Waals surface area contributed by atoms with E-state index in [0.29, 0.717) is 37.1 Å². The minimum absolute atomic E-state index is 0.0449. The number of benzene rings is 1. The third-order valence-electron chi connectivity index (χ3n) is 6.24. The van der Waals surface area contributed by atoms with E-state index in [1.807, 2.05) is 0 Å². The second-order valence-electron chi connectivity index (χ2n) is 9.55. The van der Waals surface area contributed by atoms with Crippen molar-refractivity contribution in [2.45, 2.75) is 64.1 Å². The lowest BCUT2D eigenvalue weighted by molar-refractivity contribution is -0.137. The molecule has 0 aromatic heterocycles. The summed E-state index contributed by atoms with van der Waals surface area (Å²) in [7, 11) is 0. The average molecular weight is 444 g/mol. The maximum atomic E-state index is 13.0. The van der Waals surface area contributed by atoms with E-state index in [9.17, 15) is 19.5 Å². The van der Waals surface area contributed by atoms with Crippen molar-refractivity contribution >= 4 is 29.1 Å². The molecule has 1 heterocycles. The molecule has 174 valence electrons. The molecule has 1 aliphatic carbocycles. The molecule has 9 heteroatoms. The molecule has 3 rings (SSSR count). The van der Waals surface area contributed by atoms with Gasteiger partial charge in [-0.25, -0.2) is 0 Å². The molecule has 9 nitrogen and oxygen atoms in total. The van der Waals surface area contributed by atoms with Crippen molar-refractivity contribution < 1.29 is 19.5 Å². The molecule has 0 radical (unpaired) electrons. The molecular weight excluding hydrogens is 410 g/mol. The van der Waals surface area contributed by atoms with Crippen LogP contribution in [0.5, 0.6) is 0 Å². The van der Waals surface area contributed by atoms with Crippen molar-refractivity contribution in [3.8, 4) is 0 Å². The van der Waals surface area contributed by atoms with Crippen LogP contribution in [0.1, 0.15) is 51.5 Å². The highest BCUT2D eigenvalue weighted by atomic mass is 16.3. The molecule has 32 heavy (non-hydrogen) atoms. The van der Waals surface area contributed by atoms with Crippen LogP contribution < -0.4 is 16.4 Å². The predicted molar refractivity (Wildman–Crippen MR) is 121 cm³/mol. The number of aliphatic hydroxyl groups is 1. The lowest BCUT2D eigenvalue weighted by Gasteiger charge is -2.39. The van der Waals surface area contributed by atoms with Gasteiger partial charge < -0.3 is 26.4 Å². The van der Waals surface area contributed by atoms with Crippen molar-refractivity contribution in [3.05, 3.63) is 29.8 Å². The Labute approximate surface area is 188 Å². The van der Waals surface area contributed by atoms with E-state index in [2.05, 4.69) is 24.5 Å². The number of nitrogens with two attached hydrogens (primary N) is 1. The lowest BCUT2D eigenvalue weighted by atomic mass is 9.74. The van der Waals surface area contributed by atoms with Gasteiger partial charge in [0.05, 0.1) is 12.6 Å². The van der Waals surface area contributed by atoms with Gasteiger partial charge in [0.1, 0.15) is 11.8 Å². The van der Waals surface area contributed by atoms with Crippen molar-refractivity contribution in [2.75, 3.05) is 18.4 Å². The van der Waals surface area contributed by atoms with E-state index in [0.717, 1.165) is 12.8 Å². The van der Waals surface area contributed by atoms with Crippen molar-refractivity contribution in [1.29, 1.82) is 5.41 Å². The van der Waals surface area contributed by atoms with E-state index >= 15 is 0 Å². The highest BCUT2D eigenvalue weighted by Crippen LogP contribution is 2.35. The molecule has 0 bridgehead atoms. The number of hydrogen-bond acceptors (Lipinski definition) is 6. The number of amides is 3. The Hall–Kier alpha value is -2.94. The van der Waals surface area contributed by atoms with Gasteiger partial charge in [0.2, 0.25) is 11.8 Å². The fraction of sp³-hybridized carbons (Fsp3) is 0.565. The number of rotatable bonds is 7. The molecule has 1 saturated carbocycles. The average Bonchev–Trinajstić information content (AvgIpc) is 3.20. The Morgan fingerprint density at radius 1 is 1.25 bits per heavy atom. The Bertz CT molecular complexity index is 900. The van der Waals surface area contributed by atoms with Gasteiger partial charge in [-0.15, -0.1) is 0 Å². The van der Waals surface area contributed by atoms with E-state index in [1.54, 1.807) is 29.2 Å². The zero-order valence-electron chi connectivity index (χ0n) is 18.7. The van der Waals surface area contributed by atoms with Crippen LogP contribution in [0.4, 0.5) is 5.69 Å². The monoisotopic (exact) mass is 443 g/mol. The van der Waals surface area contributed by atoms with Gasteiger partial charge in [-0.2, -0.15) is 0 Å². The number of carbonyl (C=O) groups is 3. The summed E-state index contributed by atoms with van der Waals surface area (Å²) in [4.78, 5) is 38.8. The first kappa shape index (κ1) is 23.7. The van der Waals surface area contributed by atoms with Crippen LogP contribution in [0.3, 0.4) is 0 Å². The van der Waals surface area contributed by atoms with Crippen molar-refractivity contribution in [2.24, 2.45) is 11.1 Å². The van der Waals surface area contributed by atoms with Crippen LogP contribution in [0, 0.1) is 10.8 Å². The third kappa shape index (κ3) is 5.64. The number of nitrogens with zero attached hydrogens (tertiary/aromatic N) is 1. The number of para-hydroxylation sites is 1. The minimum Gasteiger partial charge on any atom is -0.393 e. The number of anilines is 1. The van der Waals surface area contributed by atoms with Gasteiger partial charge in [-0.1, -0.05) is 32.0 Å². The van der Waals surface area contributed by atoms with Crippen LogP contribution in [0.25, 0.3) is 0 Å². The normalized spacial score (nSPS) is 24.6. The first-order valence-electron chi connectivity index (χ1n) is 11.1. The first-order chi connectivity index (χ1) is 15.1. The topological polar surface area (TPSA) is 149 Å². The number of carbonyl (C=O) groups excluding carboxylic acids is 3. The summed E-state index contributed by atoms with van der Waals surface area (Å²) in [5.41, 5.74) is 5.62. The molecule has 3 amide bonds. The highest BCUT2D eigenvalue weighted by molar-refractivity contribution is 6.44. The quantitative estimate of drug-likeness (QED) is 0.399. The van der Waals surface area contributed by atoms with Crippen LogP contribution in [0.15, 0.2) is 24.3 Å². The number of primary amides is 1. The standard InChI is InChI=1S/C23H33N5O4/c1-23(2)11-14(10-15(29)12-23)27-22(32)18-8-5-9-28(18)19(30)13-26-17-7-4-3-6-16(17)20(24)21(25)31/h3-4,6-7,14-15,18,24,26,29H,5,8-13H2,1-2H3,(H2,25,31)(H,27,32)/t14?,15-,18+/m1/s1. The molecule has 0 spiro atoms. The second kappa shape index (κ2) is 9.68. The van der Waals surface area contributed by atoms with E-state index < -0.39 is 18.1 Å². The molecule has 1 aromatic rings. The zero-order chi connectivity index (χ0) is 23.5. The molecule has 2 fully saturated rings. The summed E-state index contributed by atoms with van der Waals surface area (Å²) in [6, 6.07) is 6.03. The van der Waals surface area contributed by atoms with Gasteiger partial charge >= 0.3 is 0 Å². The molecule has 3 atom stereocenters. The molecular formula is C23H33N5O4. The van der Waals surface area contributed by atoms with Gasteiger partial charge in [0.25, 0.3) is 5.91 Å². The molecule has 1 aromatic carbocycles. The Kier molecular flexibility index (Phi) is 7.18. The van der Waals surface area contributed by atoms with Gasteiger partial charge in [-0.05, 0) is 43.6 Å². The number of likely N-dealkylation sites (tertiary alicyclic amines) is 1. The van der Waals surface area contributed by atoms with Crippen molar-refractivity contribution in [3.63, 3.8) is 0 Å². The maximum Gasteiger partial charge on any atom is 0.267 e. The summed E-state index contributed by atoms with van der Waals surface area (Å²) < 4.78 is 0. The number of hydrogen-bond donors (Lipinski definition) is 5. The summed E-state index contributed by atoms with van der Waals surface area (Å²) >= 11 is 0. The molecule has 1 unspecified atom stereocenters. The summed E-state index contributed by atoms with van der Waals surface area (Å²) in [5, 5.41) is 24.0. The maximum absolute atomic E-state index is 13.0. The molecule has 1 saturated heterocycles. The SMILES string of the molecule is CC1(C)CC(NC(=O)[C@@H]2CCCN2C(=O)CNc2ccccc2C(=N)C(N)=O)C[C@@H](O)C1. The van der Waals surface area contributed by atoms with Crippen LogP contribution >= 0.6 is 0 Å². The molecule has 6 N–H and O–H groups in total. The highest BCUT2D eigenvalue weighted by Gasteiger charge is 2.38. The lowest BCUT2D eigenvalue weighted by Crippen LogP contribution is -2.52. The van der Waals surface area contributed by atoms with Gasteiger partial charge in [-0.3, -0.25) is 19.8 Å². The Morgan fingerprint density at radius 2 is 1.97 bits per heavy atom. The molecule has 2 aliphatic rings. The largest absolute Gasteiger partial charge is 0.393 e. The zero-order valence-corrected chi connectivity index (χ0v) is 18.7. The smallest absolute Gasteiger partial charge is 0.267 e. The van der Waals surface area contributed by atoms with Gasteiger partial charge in [0.15, 0.2) is 0 Å². The van der Waals surface area contributed by atoms with Crippen LogP contribution in [-0.4, -0.2) is 64.7 Å². The van der Waals surface area contributed by atoms with Gasteiger partial charge in [0, 0.05) is 23.8 Å². The fourth-order valence-corrected chi connectivity index (χ4v) is 4.89. The predicted octanol–water partition coefficient (Wildman–Crippen LogP) is 0.998. The number of nitrogens with one attached hydrogen (secondary N) is 3. The second-order valence-corrected chi connectivity index (χ2v) is 9.55. The van der Waals surface area contributed by atoms with E-state index in [4.69, 9.17) is 11.1 Å². The van der Waals surface area contributed by atoms with Crippen molar-refractivity contribution in [1.82, 2.24) is 10.2 Å².